The standard InChI is InChI=1S/C13H25BrO2/c1-3-5-6-7-8-9-10-11-12(14)13(15)16-4-2/h12H,3-11H2,1-2H3/t12-/m1/s1. The Bertz CT molecular complexity index is 171. The van der Waals surface area contributed by atoms with Gasteiger partial charge in [0.1, 0.15) is 4.83 Å². The average molecular weight is 293 g/mol. The number of carbonyl (C=O) groups excluding carboxylic acids is 1. The predicted octanol–water partition coefficient (Wildman–Crippen LogP) is 4.45. The molecule has 0 bridgehead atoms. The van der Waals surface area contributed by atoms with Crippen molar-refractivity contribution in [1.29, 1.82) is 0 Å². The van der Waals surface area contributed by atoms with Gasteiger partial charge in [-0.2, -0.15) is 0 Å². The van der Waals surface area contributed by atoms with Crippen LogP contribution < -0.4 is 0 Å². The Hall–Kier alpha value is -0.0500. The molecular weight excluding hydrogens is 268 g/mol. The van der Waals surface area contributed by atoms with E-state index in [4.69, 9.17) is 4.74 Å². The van der Waals surface area contributed by atoms with E-state index >= 15 is 0 Å². The minimum atomic E-state index is -0.117. The molecule has 2 nitrogen and oxygen atoms in total. The largest absolute Gasteiger partial charge is 0.465 e. The second-order valence-corrected chi connectivity index (χ2v) is 5.23. The second kappa shape index (κ2) is 11.4. The van der Waals surface area contributed by atoms with Gasteiger partial charge in [-0.05, 0) is 13.3 Å². The molecule has 0 aliphatic carbocycles. The summed E-state index contributed by atoms with van der Waals surface area (Å²) in [6.45, 7) is 4.54. The molecule has 0 amide bonds. The normalized spacial score (nSPS) is 12.4. The van der Waals surface area contributed by atoms with Gasteiger partial charge in [-0.25, -0.2) is 0 Å². The van der Waals surface area contributed by atoms with Crippen LogP contribution in [-0.4, -0.2) is 17.4 Å². The molecule has 0 aromatic rings. The number of ether oxygens (including phenoxy) is 1. The highest BCUT2D eigenvalue weighted by atomic mass is 79.9. The number of carbonyl (C=O) groups is 1. The number of alkyl halides is 1. The number of rotatable bonds is 10. The first-order chi connectivity index (χ1) is 7.72. The van der Waals surface area contributed by atoms with E-state index in [0.717, 1.165) is 12.8 Å². The Kier molecular flexibility index (Phi) is 11.4. The summed E-state index contributed by atoms with van der Waals surface area (Å²) in [6.07, 6.45) is 9.86. The highest BCUT2D eigenvalue weighted by Gasteiger charge is 2.14. The summed E-state index contributed by atoms with van der Waals surface area (Å²) in [6, 6.07) is 0. The fourth-order valence-corrected chi connectivity index (χ4v) is 2.09. The second-order valence-electron chi connectivity index (χ2n) is 4.13. The number of halogens is 1. The topological polar surface area (TPSA) is 26.3 Å². The van der Waals surface area contributed by atoms with E-state index in [1.165, 1.54) is 38.5 Å². The number of hydrogen-bond donors (Lipinski definition) is 0. The molecule has 96 valence electrons. The third kappa shape index (κ3) is 9.20. The smallest absolute Gasteiger partial charge is 0.319 e. The molecule has 0 aliphatic rings. The van der Waals surface area contributed by atoms with Crippen LogP contribution in [0, 0.1) is 0 Å². The van der Waals surface area contributed by atoms with E-state index in [2.05, 4.69) is 22.9 Å². The molecule has 1 atom stereocenters. The lowest BCUT2D eigenvalue weighted by Crippen LogP contribution is -2.17. The molecular formula is C13H25BrO2. The molecule has 0 heterocycles. The predicted molar refractivity (Wildman–Crippen MR) is 72.0 cm³/mol. The van der Waals surface area contributed by atoms with Gasteiger partial charge >= 0.3 is 5.97 Å². The van der Waals surface area contributed by atoms with E-state index in [1.807, 2.05) is 6.92 Å². The zero-order valence-corrected chi connectivity index (χ0v) is 12.2. The summed E-state index contributed by atoms with van der Waals surface area (Å²) in [4.78, 5) is 11.2. The Morgan fingerprint density at radius 1 is 1.06 bits per heavy atom. The first kappa shape index (κ1) is 16.0. The van der Waals surface area contributed by atoms with Crippen LogP contribution in [0.2, 0.25) is 0 Å². The lowest BCUT2D eigenvalue weighted by atomic mass is 10.1. The molecule has 0 rings (SSSR count). The van der Waals surface area contributed by atoms with E-state index in [1.54, 1.807) is 0 Å². The summed E-state index contributed by atoms with van der Waals surface area (Å²) >= 11 is 3.36. The molecule has 0 fully saturated rings. The van der Waals surface area contributed by atoms with E-state index in [-0.39, 0.29) is 10.8 Å². The maximum atomic E-state index is 11.3. The summed E-state index contributed by atoms with van der Waals surface area (Å²) < 4.78 is 4.93. The van der Waals surface area contributed by atoms with Gasteiger partial charge in [-0.3, -0.25) is 4.79 Å². The van der Waals surface area contributed by atoms with E-state index < -0.39 is 0 Å². The van der Waals surface area contributed by atoms with Crippen LogP contribution in [0.5, 0.6) is 0 Å². The van der Waals surface area contributed by atoms with Gasteiger partial charge in [0, 0.05) is 0 Å². The molecule has 0 radical (unpaired) electrons. The number of unbranched alkanes of at least 4 members (excludes halogenated alkanes) is 6. The molecule has 16 heavy (non-hydrogen) atoms. The Labute approximate surface area is 108 Å². The van der Waals surface area contributed by atoms with Crippen molar-refractivity contribution < 1.29 is 9.53 Å². The van der Waals surface area contributed by atoms with Gasteiger partial charge < -0.3 is 4.74 Å². The molecule has 0 N–H and O–H groups in total. The SMILES string of the molecule is CCCCCCCCC[C@@H](Br)C(=O)OCC. The molecule has 0 aromatic heterocycles. The molecule has 0 saturated carbocycles. The van der Waals surface area contributed by atoms with Crippen molar-refractivity contribution in [2.75, 3.05) is 6.61 Å². The lowest BCUT2D eigenvalue weighted by Gasteiger charge is -2.08. The van der Waals surface area contributed by atoms with Crippen LogP contribution >= 0.6 is 15.9 Å². The van der Waals surface area contributed by atoms with Crippen LogP contribution in [-0.2, 0) is 9.53 Å². The van der Waals surface area contributed by atoms with Crippen LogP contribution in [0.15, 0.2) is 0 Å². The van der Waals surface area contributed by atoms with Crippen molar-refractivity contribution in [2.45, 2.75) is 70.0 Å². The molecule has 0 spiro atoms. The van der Waals surface area contributed by atoms with Crippen molar-refractivity contribution >= 4 is 21.9 Å². The molecule has 3 heteroatoms. The maximum Gasteiger partial charge on any atom is 0.319 e. The third-order valence-electron chi connectivity index (χ3n) is 2.60. The highest BCUT2D eigenvalue weighted by molar-refractivity contribution is 9.10. The number of esters is 1. The van der Waals surface area contributed by atoms with Crippen LogP contribution in [0.25, 0.3) is 0 Å². The van der Waals surface area contributed by atoms with Gasteiger partial charge in [-0.1, -0.05) is 67.8 Å². The zero-order chi connectivity index (χ0) is 12.2. The van der Waals surface area contributed by atoms with Crippen LogP contribution in [0.3, 0.4) is 0 Å². The fraction of sp³-hybridized carbons (Fsp3) is 0.923. The lowest BCUT2D eigenvalue weighted by molar-refractivity contribution is -0.142. The first-order valence-electron chi connectivity index (χ1n) is 6.53. The van der Waals surface area contributed by atoms with Crippen molar-refractivity contribution in [3.63, 3.8) is 0 Å². The fourth-order valence-electron chi connectivity index (χ4n) is 1.63. The summed E-state index contributed by atoms with van der Waals surface area (Å²) in [5.74, 6) is -0.117. The van der Waals surface area contributed by atoms with Crippen molar-refractivity contribution in [3.8, 4) is 0 Å². The van der Waals surface area contributed by atoms with Gasteiger partial charge in [0.2, 0.25) is 0 Å². The quantitative estimate of drug-likeness (QED) is 0.338. The summed E-state index contributed by atoms with van der Waals surface area (Å²) in [5.41, 5.74) is 0. The minimum absolute atomic E-state index is 0.108. The average Bonchev–Trinajstić information content (AvgIpc) is 2.28. The molecule has 0 unspecified atom stereocenters. The van der Waals surface area contributed by atoms with E-state index in [9.17, 15) is 4.79 Å². The maximum absolute atomic E-state index is 11.3. The first-order valence-corrected chi connectivity index (χ1v) is 7.44. The van der Waals surface area contributed by atoms with Gasteiger partial charge in [0.25, 0.3) is 0 Å². The molecule has 0 aromatic carbocycles. The number of hydrogen-bond acceptors (Lipinski definition) is 2. The molecule has 0 saturated heterocycles. The Morgan fingerprint density at radius 3 is 2.19 bits per heavy atom. The Balaban J connectivity index is 3.27. The summed E-state index contributed by atoms with van der Waals surface area (Å²) in [7, 11) is 0. The van der Waals surface area contributed by atoms with Gasteiger partial charge in [-0.15, -0.1) is 0 Å². The Morgan fingerprint density at radius 2 is 1.62 bits per heavy atom. The monoisotopic (exact) mass is 292 g/mol. The van der Waals surface area contributed by atoms with Crippen molar-refractivity contribution in [2.24, 2.45) is 0 Å². The van der Waals surface area contributed by atoms with Crippen molar-refractivity contribution in [1.82, 2.24) is 0 Å². The zero-order valence-electron chi connectivity index (χ0n) is 10.6. The van der Waals surface area contributed by atoms with Crippen LogP contribution in [0.4, 0.5) is 0 Å². The van der Waals surface area contributed by atoms with Gasteiger partial charge in [0.15, 0.2) is 0 Å². The summed E-state index contributed by atoms with van der Waals surface area (Å²) in [5, 5.41) is 0. The minimum Gasteiger partial charge on any atom is -0.465 e. The van der Waals surface area contributed by atoms with Crippen molar-refractivity contribution in [3.05, 3.63) is 0 Å². The highest BCUT2D eigenvalue weighted by Crippen LogP contribution is 2.14. The van der Waals surface area contributed by atoms with E-state index in [0.29, 0.717) is 6.61 Å². The third-order valence-corrected chi connectivity index (χ3v) is 3.44. The van der Waals surface area contributed by atoms with Gasteiger partial charge in [0.05, 0.1) is 6.61 Å². The molecule has 0 aliphatic heterocycles. The van der Waals surface area contributed by atoms with Crippen LogP contribution in [0.1, 0.15) is 65.2 Å².